The van der Waals surface area contributed by atoms with Crippen LogP contribution in [-0.2, 0) is 14.8 Å². The molecule has 0 unspecified atom stereocenters. The number of carbonyl (C=O) groups excluding carboxylic acids is 1. The van der Waals surface area contributed by atoms with Crippen molar-refractivity contribution in [2.45, 2.75) is 6.92 Å². The van der Waals surface area contributed by atoms with Gasteiger partial charge in [0.2, 0.25) is 0 Å². The van der Waals surface area contributed by atoms with Crippen molar-refractivity contribution in [2.75, 3.05) is 4.72 Å². The second kappa shape index (κ2) is 4.36. The molecule has 16 heavy (non-hydrogen) atoms. The first kappa shape index (κ1) is 12.3. The Morgan fingerprint density at radius 1 is 1.38 bits per heavy atom. The van der Waals surface area contributed by atoms with Crippen LogP contribution in [0.1, 0.15) is 6.92 Å². The van der Waals surface area contributed by atoms with Gasteiger partial charge in [0.1, 0.15) is 5.75 Å². The summed E-state index contributed by atoms with van der Waals surface area (Å²) in [6, 6.07) is 5.72. The van der Waals surface area contributed by atoms with Crippen LogP contribution in [0.2, 0.25) is 0 Å². The zero-order valence-electron chi connectivity index (χ0n) is 8.60. The maximum Gasteiger partial charge on any atom is 0.300 e. The molecule has 1 aromatic carbocycles. The molecule has 0 saturated carbocycles. The molecule has 0 fully saturated rings. The highest BCUT2D eigenvalue weighted by Gasteiger charge is 2.23. The normalized spacial score (nSPS) is 10.8. The number of sulfonamides is 1. The van der Waals surface area contributed by atoms with E-state index in [0.717, 1.165) is 0 Å². The van der Waals surface area contributed by atoms with Gasteiger partial charge in [-0.15, -0.1) is 0 Å². The Kier molecular flexibility index (Phi) is 3.34. The van der Waals surface area contributed by atoms with Crippen LogP contribution >= 0.6 is 0 Å². The van der Waals surface area contributed by atoms with E-state index in [1.807, 2.05) is 4.72 Å². The molecule has 0 saturated heterocycles. The van der Waals surface area contributed by atoms with Crippen LogP contribution in [-0.4, -0.2) is 18.6 Å². The van der Waals surface area contributed by atoms with Crippen molar-refractivity contribution in [2.24, 2.45) is 0 Å². The third-order valence-corrected chi connectivity index (χ3v) is 3.07. The van der Waals surface area contributed by atoms with E-state index in [0.29, 0.717) is 0 Å². The summed E-state index contributed by atoms with van der Waals surface area (Å²) in [5.74, 6) is -0.249. The quantitative estimate of drug-likeness (QED) is 0.616. The maximum absolute atomic E-state index is 11.5. The van der Waals surface area contributed by atoms with Gasteiger partial charge in [0, 0.05) is 5.57 Å². The van der Waals surface area contributed by atoms with Crippen LogP contribution in [0.4, 0.5) is 5.69 Å². The highest BCUT2D eigenvalue weighted by Crippen LogP contribution is 2.23. The molecule has 0 aromatic heterocycles. The number of hydrogen-bond donors (Lipinski definition) is 2. The summed E-state index contributed by atoms with van der Waals surface area (Å²) in [5, 5.41) is 8.23. The van der Waals surface area contributed by atoms with Crippen LogP contribution in [0.25, 0.3) is 0 Å². The molecule has 0 bridgehead atoms. The molecule has 0 spiro atoms. The fraction of sp³-hybridized carbons (Fsp3) is 0.100. The second-order valence-electron chi connectivity index (χ2n) is 3.19. The summed E-state index contributed by atoms with van der Waals surface area (Å²) < 4.78 is 24.9. The van der Waals surface area contributed by atoms with Crippen molar-refractivity contribution in [1.82, 2.24) is 0 Å². The van der Waals surface area contributed by atoms with Gasteiger partial charge in [-0.2, -0.15) is 8.42 Å². The Hall–Kier alpha value is -1.82. The molecule has 0 radical (unpaired) electrons. The fourth-order valence-corrected chi connectivity index (χ4v) is 1.99. The molecule has 0 heterocycles. The van der Waals surface area contributed by atoms with Gasteiger partial charge in [-0.3, -0.25) is 9.52 Å². The first-order valence-corrected chi connectivity index (χ1v) is 5.83. The van der Waals surface area contributed by atoms with Crippen LogP contribution in [0, 0.1) is 0 Å². The van der Waals surface area contributed by atoms with E-state index in [1.54, 1.807) is 0 Å². The zero-order chi connectivity index (χ0) is 12.3. The van der Waals surface area contributed by atoms with E-state index in [2.05, 4.69) is 6.58 Å². The molecule has 6 heteroatoms. The lowest BCUT2D eigenvalue weighted by Crippen LogP contribution is -2.23. The molecule has 0 aliphatic carbocycles. The molecular formula is C10H11NO4S. The Labute approximate surface area is 93.5 Å². The van der Waals surface area contributed by atoms with Crippen LogP contribution in [0.3, 0.4) is 0 Å². The lowest BCUT2D eigenvalue weighted by atomic mass is 10.3. The van der Waals surface area contributed by atoms with Gasteiger partial charge in [-0.25, -0.2) is 0 Å². The molecule has 5 nitrogen and oxygen atoms in total. The second-order valence-corrected chi connectivity index (χ2v) is 4.77. The number of phenolic OH excluding ortho intramolecular Hbond substituents is 1. The monoisotopic (exact) mass is 241 g/mol. The minimum absolute atomic E-state index is 0.0444. The van der Waals surface area contributed by atoms with Gasteiger partial charge >= 0.3 is 0 Å². The van der Waals surface area contributed by atoms with Gasteiger partial charge in [0.25, 0.3) is 15.1 Å². The number of hydrogen-bond acceptors (Lipinski definition) is 4. The SMILES string of the molecule is C=C(C)C(=O)S(=O)(=O)Nc1ccccc1O. The molecule has 86 valence electrons. The fourth-order valence-electron chi connectivity index (χ4n) is 0.980. The number of benzene rings is 1. The maximum atomic E-state index is 11.5. The van der Waals surface area contributed by atoms with Crippen molar-refractivity contribution in [3.63, 3.8) is 0 Å². The van der Waals surface area contributed by atoms with Crippen LogP contribution in [0.15, 0.2) is 36.4 Å². The lowest BCUT2D eigenvalue weighted by Gasteiger charge is -2.07. The molecule has 0 atom stereocenters. The Morgan fingerprint density at radius 2 is 1.94 bits per heavy atom. The van der Waals surface area contributed by atoms with Crippen molar-refractivity contribution in [3.05, 3.63) is 36.4 Å². The first-order chi connectivity index (χ1) is 7.34. The van der Waals surface area contributed by atoms with Gasteiger partial charge in [0.15, 0.2) is 0 Å². The third-order valence-electron chi connectivity index (χ3n) is 1.74. The molecule has 0 aliphatic rings. The zero-order valence-corrected chi connectivity index (χ0v) is 9.41. The predicted molar refractivity (Wildman–Crippen MR) is 60.5 cm³/mol. The van der Waals surface area contributed by atoms with Crippen LogP contribution in [0.5, 0.6) is 5.75 Å². The van der Waals surface area contributed by atoms with E-state index < -0.39 is 15.1 Å². The summed E-state index contributed by atoms with van der Waals surface area (Å²) in [5.41, 5.74) is -0.139. The molecule has 2 N–H and O–H groups in total. The first-order valence-electron chi connectivity index (χ1n) is 4.35. The number of carbonyl (C=O) groups is 1. The predicted octanol–water partition coefficient (Wildman–Crippen LogP) is 1.24. The molecular weight excluding hydrogens is 230 g/mol. The number of phenols is 1. The number of rotatable bonds is 3. The average Bonchev–Trinajstić information content (AvgIpc) is 2.20. The average molecular weight is 241 g/mol. The van der Waals surface area contributed by atoms with Gasteiger partial charge in [0.05, 0.1) is 5.69 Å². The highest BCUT2D eigenvalue weighted by molar-refractivity contribution is 8.07. The minimum atomic E-state index is -4.18. The van der Waals surface area contributed by atoms with Gasteiger partial charge in [-0.05, 0) is 19.1 Å². The molecule has 1 rings (SSSR count). The number of aromatic hydroxyl groups is 1. The summed E-state index contributed by atoms with van der Waals surface area (Å²) in [7, 11) is -4.18. The minimum Gasteiger partial charge on any atom is -0.506 e. The standard InChI is InChI=1S/C10H11NO4S/c1-7(2)10(13)16(14,15)11-8-5-3-4-6-9(8)12/h3-6,11-12H,1H2,2H3. The summed E-state index contributed by atoms with van der Waals surface area (Å²) in [4.78, 5) is 11.2. The van der Waals surface area contributed by atoms with E-state index in [1.165, 1.54) is 31.2 Å². The van der Waals surface area contributed by atoms with E-state index in [-0.39, 0.29) is 17.0 Å². The van der Waals surface area contributed by atoms with E-state index >= 15 is 0 Å². The third kappa shape index (κ3) is 2.60. The molecule has 0 aliphatic heterocycles. The van der Waals surface area contributed by atoms with Gasteiger partial charge in [-0.1, -0.05) is 18.7 Å². The molecule has 1 aromatic rings. The molecule has 0 amide bonds. The topological polar surface area (TPSA) is 83.5 Å². The summed E-state index contributed by atoms with van der Waals surface area (Å²) >= 11 is 0. The van der Waals surface area contributed by atoms with Crippen LogP contribution < -0.4 is 4.72 Å². The number of para-hydroxylation sites is 2. The van der Waals surface area contributed by atoms with Gasteiger partial charge < -0.3 is 5.11 Å². The Balaban J connectivity index is 3.03. The smallest absolute Gasteiger partial charge is 0.300 e. The van der Waals surface area contributed by atoms with Crippen molar-refractivity contribution >= 4 is 20.8 Å². The van der Waals surface area contributed by atoms with Crippen molar-refractivity contribution < 1.29 is 18.3 Å². The highest BCUT2D eigenvalue weighted by atomic mass is 32.2. The number of anilines is 1. The lowest BCUT2D eigenvalue weighted by molar-refractivity contribution is -0.108. The number of nitrogens with one attached hydrogen (secondary N) is 1. The summed E-state index contributed by atoms with van der Waals surface area (Å²) in [6.07, 6.45) is 0. The van der Waals surface area contributed by atoms with Crippen molar-refractivity contribution in [1.29, 1.82) is 0 Å². The van der Waals surface area contributed by atoms with Crippen molar-refractivity contribution in [3.8, 4) is 5.75 Å². The Morgan fingerprint density at radius 3 is 2.44 bits per heavy atom. The summed E-state index contributed by atoms with van der Waals surface area (Å²) in [6.45, 7) is 4.55. The Bertz CT molecular complexity index is 534. The van der Waals surface area contributed by atoms with E-state index in [9.17, 15) is 18.3 Å². The largest absolute Gasteiger partial charge is 0.506 e. The van der Waals surface area contributed by atoms with E-state index in [4.69, 9.17) is 0 Å².